The van der Waals surface area contributed by atoms with E-state index in [1.54, 1.807) is 36.5 Å². The number of hydrazone groups is 1. The molecule has 0 fully saturated rings. The van der Waals surface area contributed by atoms with Gasteiger partial charge in [-0.15, -0.1) is 0 Å². The molecule has 1 aliphatic rings. The lowest BCUT2D eigenvalue weighted by atomic mass is 10.1. The number of benzene rings is 1. The van der Waals surface area contributed by atoms with Crippen LogP contribution in [0, 0.1) is 0 Å². The number of fused-ring (bicyclic) bond motifs is 1. The molecular weight excluding hydrogens is 323 g/mol. The average molecular weight is 335 g/mol. The minimum absolute atomic E-state index is 0.0507. The molecule has 1 aromatic heterocycles. The highest BCUT2D eigenvalue weighted by molar-refractivity contribution is 6.35. The Morgan fingerprint density at radius 3 is 2.73 bits per heavy atom. The van der Waals surface area contributed by atoms with Crippen molar-refractivity contribution in [3.05, 3.63) is 52.3 Å². The van der Waals surface area contributed by atoms with Crippen molar-refractivity contribution in [2.24, 2.45) is 5.10 Å². The third-order valence-corrected chi connectivity index (χ3v) is 3.56. The van der Waals surface area contributed by atoms with Gasteiger partial charge < -0.3 is 5.32 Å². The van der Waals surface area contributed by atoms with E-state index in [4.69, 9.17) is 23.2 Å². The van der Waals surface area contributed by atoms with Gasteiger partial charge >= 0.3 is 0 Å². The number of hydrogen-bond acceptors (Lipinski definition) is 4. The normalized spacial score (nSPS) is 15.9. The molecule has 1 amide bonds. The predicted molar refractivity (Wildman–Crippen MR) is 88.7 cm³/mol. The zero-order valence-corrected chi connectivity index (χ0v) is 12.9. The van der Waals surface area contributed by atoms with Crippen LogP contribution in [-0.2, 0) is 4.79 Å². The predicted octanol–water partition coefficient (Wildman–Crippen LogP) is 3.94. The number of amides is 1. The number of rotatable bonds is 2. The Kier molecular flexibility index (Phi) is 4.27. The molecule has 0 saturated carbocycles. The molecular formula is C15H12Cl2N4O. The summed E-state index contributed by atoms with van der Waals surface area (Å²) in [5, 5.41) is 8.22. The van der Waals surface area contributed by atoms with Crippen molar-refractivity contribution in [3.63, 3.8) is 0 Å². The summed E-state index contributed by atoms with van der Waals surface area (Å²) in [6.07, 6.45) is 2.52. The van der Waals surface area contributed by atoms with Gasteiger partial charge in [0.25, 0.3) is 0 Å². The third kappa shape index (κ3) is 3.37. The van der Waals surface area contributed by atoms with Crippen LogP contribution in [0.1, 0.15) is 18.5 Å². The van der Waals surface area contributed by atoms with E-state index in [1.165, 1.54) is 0 Å². The van der Waals surface area contributed by atoms with Gasteiger partial charge in [-0.1, -0.05) is 23.2 Å². The molecule has 0 atom stereocenters. The first-order chi connectivity index (χ1) is 10.6. The lowest BCUT2D eigenvalue weighted by Gasteiger charge is -2.07. The molecule has 22 heavy (non-hydrogen) atoms. The number of carbonyl (C=O) groups is 1. The zero-order chi connectivity index (χ0) is 15.5. The summed E-state index contributed by atoms with van der Waals surface area (Å²) in [5.41, 5.74) is 5.61. The number of anilines is 2. The van der Waals surface area contributed by atoms with Gasteiger partial charge in [0.2, 0.25) is 5.91 Å². The Labute approximate surface area is 137 Å². The summed E-state index contributed by atoms with van der Waals surface area (Å²) in [5.74, 6) is -0.0507. The van der Waals surface area contributed by atoms with Crippen LogP contribution in [0.2, 0.25) is 10.0 Å². The van der Waals surface area contributed by atoms with Gasteiger partial charge in [-0.2, -0.15) is 5.10 Å². The van der Waals surface area contributed by atoms with E-state index in [0.717, 1.165) is 0 Å². The van der Waals surface area contributed by atoms with Gasteiger partial charge in [-0.3, -0.25) is 15.2 Å². The molecule has 0 radical (unpaired) electrons. The number of carbonyl (C=O) groups excluding carboxylic acids is 1. The lowest BCUT2D eigenvalue weighted by molar-refractivity contribution is -0.116. The molecule has 5 nitrogen and oxygen atoms in total. The minimum atomic E-state index is -0.0507. The monoisotopic (exact) mass is 334 g/mol. The molecule has 1 aromatic carbocycles. The van der Waals surface area contributed by atoms with Gasteiger partial charge in [-0.25, -0.2) is 0 Å². The van der Waals surface area contributed by atoms with Gasteiger partial charge in [0.1, 0.15) is 5.69 Å². The molecule has 0 unspecified atom stereocenters. The van der Waals surface area contributed by atoms with Gasteiger partial charge in [0.05, 0.1) is 17.1 Å². The van der Waals surface area contributed by atoms with Crippen LogP contribution >= 0.6 is 23.2 Å². The minimum Gasteiger partial charge on any atom is -0.324 e. The number of aromatic nitrogens is 1. The average Bonchev–Trinajstić information content (AvgIpc) is 2.63. The van der Waals surface area contributed by atoms with Gasteiger partial charge in [-0.05, 0) is 30.3 Å². The second-order valence-electron chi connectivity index (χ2n) is 4.78. The summed E-state index contributed by atoms with van der Waals surface area (Å²) in [7, 11) is 0. The van der Waals surface area contributed by atoms with Gasteiger partial charge in [0.15, 0.2) is 0 Å². The van der Waals surface area contributed by atoms with Crippen LogP contribution in [-0.4, -0.2) is 16.6 Å². The number of nitrogens with one attached hydrogen (secondary N) is 2. The van der Waals surface area contributed by atoms with Crippen molar-refractivity contribution in [1.82, 2.24) is 4.98 Å². The zero-order valence-electron chi connectivity index (χ0n) is 11.4. The fraction of sp³-hybridized carbons (Fsp3) is 0.133. The van der Waals surface area contributed by atoms with E-state index >= 15 is 0 Å². The Balaban J connectivity index is 1.91. The Morgan fingerprint density at radius 1 is 1.18 bits per heavy atom. The first-order valence-corrected chi connectivity index (χ1v) is 7.41. The lowest BCUT2D eigenvalue weighted by Crippen LogP contribution is -2.09. The molecule has 0 aliphatic carbocycles. The Bertz CT molecular complexity index is 741. The van der Waals surface area contributed by atoms with Crippen molar-refractivity contribution >= 4 is 46.2 Å². The molecule has 0 spiro atoms. The Hall–Kier alpha value is -2.11. The van der Waals surface area contributed by atoms with Crippen molar-refractivity contribution in [2.45, 2.75) is 12.8 Å². The van der Waals surface area contributed by atoms with E-state index in [2.05, 4.69) is 20.8 Å². The largest absolute Gasteiger partial charge is 0.324 e. The maximum absolute atomic E-state index is 11.7. The van der Waals surface area contributed by atoms with Crippen molar-refractivity contribution in [2.75, 3.05) is 10.7 Å². The Morgan fingerprint density at radius 2 is 1.95 bits per heavy atom. The SMILES string of the molecule is O=C1CC/C(=N\Nc2cc(Cl)cc(Cl)c2)c2ncccc2N1. The maximum Gasteiger partial charge on any atom is 0.224 e. The molecule has 3 rings (SSSR count). The highest BCUT2D eigenvalue weighted by Gasteiger charge is 2.19. The van der Waals surface area contributed by atoms with Crippen LogP contribution in [0.4, 0.5) is 11.4 Å². The summed E-state index contributed by atoms with van der Waals surface area (Å²) < 4.78 is 0. The van der Waals surface area contributed by atoms with Crippen molar-refractivity contribution < 1.29 is 4.79 Å². The van der Waals surface area contributed by atoms with Crippen molar-refractivity contribution in [3.8, 4) is 0 Å². The summed E-state index contributed by atoms with van der Waals surface area (Å²) in [6, 6.07) is 8.66. The second-order valence-corrected chi connectivity index (χ2v) is 5.65. The topological polar surface area (TPSA) is 66.4 Å². The summed E-state index contributed by atoms with van der Waals surface area (Å²) in [6.45, 7) is 0. The fourth-order valence-electron chi connectivity index (χ4n) is 2.16. The molecule has 2 aromatic rings. The third-order valence-electron chi connectivity index (χ3n) is 3.13. The molecule has 1 aliphatic heterocycles. The second kappa shape index (κ2) is 6.34. The maximum atomic E-state index is 11.7. The first kappa shape index (κ1) is 14.8. The quantitative estimate of drug-likeness (QED) is 0.817. The van der Waals surface area contributed by atoms with Crippen LogP contribution < -0.4 is 10.7 Å². The summed E-state index contributed by atoms with van der Waals surface area (Å²) >= 11 is 11.9. The van der Waals surface area contributed by atoms with Crippen LogP contribution in [0.3, 0.4) is 0 Å². The number of hydrogen-bond donors (Lipinski definition) is 2. The molecule has 0 saturated heterocycles. The van der Waals surface area contributed by atoms with Crippen LogP contribution in [0.15, 0.2) is 41.6 Å². The van der Waals surface area contributed by atoms with Gasteiger partial charge in [0, 0.05) is 29.1 Å². The number of halogens is 2. The molecule has 0 bridgehead atoms. The molecule has 2 N–H and O–H groups in total. The number of pyridine rings is 1. The number of nitrogens with zero attached hydrogens (tertiary/aromatic N) is 2. The first-order valence-electron chi connectivity index (χ1n) is 6.66. The van der Waals surface area contributed by atoms with E-state index < -0.39 is 0 Å². The molecule has 7 heteroatoms. The van der Waals surface area contributed by atoms with Crippen molar-refractivity contribution in [1.29, 1.82) is 0 Å². The standard InChI is InChI=1S/C15H12Cl2N4O/c16-9-6-10(17)8-11(7-9)20-21-13-3-4-14(22)19-12-2-1-5-18-15(12)13/h1-2,5-8,20H,3-4H2,(H,19,22)/b21-13+. The molecule has 2 heterocycles. The molecule has 112 valence electrons. The van der Waals surface area contributed by atoms with E-state index in [-0.39, 0.29) is 5.91 Å². The van der Waals surface area contributed by atoms with E-state index in [1.807, 2.05) is 0 Å². The highest BCUT2D eigenvalue weighted by Crippen LogP contribution is 2.24. The smallest absolute Gasteiger partial charge is 0.224 e. The van der Waals surface area contributed by atoms with Crippen LogP contribution in [0.5, 0.6) is 0 Å². The highest BCUT2D eigenvalue weighted by atomic mass is 35.5. The summed E-state index contributed by atoms with van der Waals surface area (Å²) in [4.78, 5) is 16.0. The van der Waals surface area contributed by atoms with E-state index in [0.29, 0.717) is 45.7 Å². The fourth-order valence-corrected chi connectivity index (χ4v) is 2.68. The van der Waals surface area contributed by atoms with Crippen LogP contribution in [0.25, 0.3) is 0 Å². The van der Waals surface area contributed by atoms with E-state index in [9.17, 15) is 4.79 Å².